The normalized spacial score (nSPS) is 20.7. The summed E-state index contributed by atoms with van der Waals surface area (Å²) >= 11 is 0. The number of hydrogen-bond acceptors (Lipinski definition) is 2. The van der Waals surface area contributed by atoms with E-state index in [0.29, 0.717) is 25.1 Å². The van der Waals surface area contributed by atoms with Crippen molar-refractivity contribution >= 4 is 5.97 Å². The lowest BCUT2D eigenvalue weighted by Crippen LogP contribution is -2.22. The molecule has 0 spiro atoms. The van der Waals surface area contributed by atoms with Crippen LogP contribution in [-0.2, 0) is 11.3 Å². The Bertz CT molecular complexity index is 433. The van der Waals surface area contributed by atoms with Gasteiger partial charge in [0.15, 0.2) is 0 Å². The quantitative estimate of drug-likeness (QED) is 0.874. The molecule has 2 rings (SSSR count). The number of hydrogen-bond donors (Lipinski definition) is 1. The minimum atomic E-state index is -0.720. The Hall–Kier alpha value is -1.42. The number of nitrogens with zero attached hydrogens (tertiary/aromatic N) is 1. The van der Waals surface area contributed by atoms with Crippen LogP contribution in [0.3, 0.4) is 0 Å². The summed E-state index contributed by atoms with van der Waals surface area (Å²) in [5.41, 5.74) is 1.67. The highest BCUT2D eigenvalue weighted by molar-refractivity contribution is 5.70. The summed E-state index contributed by atoms with van der Waals surface area (Å²) in [6, 6.07) is 5.05. The van der Waals surface area contributed by atoms with Gasteiger partial charge in [-0.05, 0) is 37.1 Å². The summed E-state index contributed by atoms with van der Waals surface area (Å²) in [6.45, 7) is 3.83. The van der Waals surface area contributed by atoms with Crippen LogP contribution < -0.4 is 0 Å². The van der Waals surface area contributed by atoms with Crippen LogP contribution in [0.5, 0.6) is 0 Å². The van der Waals surface area contributed by atoms with Gasteiger partial charge in [-0.2, -0.15) is 0 Å². The second-order valence-corrected chi connectivity index (χ2v) is 4.64. The summed E-state index contributed by atoms with van der Waals surface area (Å²) in [4.78, 5) is 12.9. The SMILES string of the molecule is Cc1cc(CN2CCC(C(=O)O)C2)ccc1F. The largest absolute Gasteiger partial charge is 0.481 e. The standard InChI is InChI=1S/C13H16FNO2/c1-9-6-10(2-3-12(9)14)7-15-5-4-11(8-15)13(16)17/h2-3,6,11H,4-5,7-8H2,1H3,(H,16,17). The Morgan fingerprint density at radius 1 is 1.59 bits per heavy atom. The lowest BCUT2D eigenvalue weighted by Gasteiger charge is -2.15. The number of likely N-dealkylation sites (tertiary alicyclic amines) is 1. The Balaban J connectivity index is 1.98. The second kappa shape index (κ2) is 4.84. The van der Waals surface area contributed by atoms with E-state index in [1.54, 1.807) is 13.0 Å². The minimum absolute atomic E-state index is 0.196. The zero-order valence-electron chi connectivity index (χ0n) is 9.82. The van der Waals surface area contributed by atoms with Gasteiger partial charge in [-0.15, -0.1) is 0 Å². The molecule has 1 N–H and O–H groups in total. The molecule has 1 unspecified atom stereocenters. The number of aliphatic carboxylic acids is 1. The fraction of sp³-hybridized carbons (Fsp3) is 0.462. The van der Waals surface area contributed by atoms with Crippen molar-refractivity contribution in [3.63, 3.8) is 0 Å². The molecule has 0 aromatic heterocycles. The maximum absolute atomic E-state index is 13.1. The zero-order valence-corrected chi connectivity index (χ0v) is 9.82. The van der Waals surface area contributed by atoms with Gasteiger partial charge in [0.1, 0.15) is 5.82 Å². The minimum Gasteiger partial charge on any atom is -0.481 e. The fourth-order valence-electron chi connectivity index (χ4n) is 2.24. The van der Waals surface area contributed by atoms with Gasteiger partial charge in [0.25, 0.3) is 0 Å². The third kappa shape index (κ3) is 2.82. The van der Waals surface area contributed by atoms with Gasteiger partial charge in [-0.25, -0.2) is 4.39 Å². The van der Waals surface area contributed by atoms with E-state index in [2.05, 4.69) is 4.90 Å². The number of rotatable bonds is 3. The van der Waals surface area contributed by atoms with Crippen LogP contribution >= 0.6 is 0 Å². The lowest BCUT2D eigenvalue weighted by atomic mass is 10.1. The van der Waals surface area contributed by atoms with Crippen LogP contribution in [-0.4, -0.2) is 29.1 Å². The first-order valence-electron chi connectivity index (χ1n) is 5.76. The average Bonchev–Trinajstić information content (AvgIpc) is 2.72. The van der Waals surface area contributed by atoms with Gasteiger partial charge in [0.2, 0.25) is 0 Å². The third-order valence-electron chi connectivity index (χ3n) is 3.25. The monoisotopic (exact) mass is 237 g/mol. The number of carbonyl (C=O) groups is 1. The predicted octanol–water partition coefficient (Wildman–Crippen LogP) is 2.04. The predicted molar refractivity (Wildman–Crippen MR) is 62.2 cm³/mol. The van der Waals surface area contributed by atoms with E-state index in [0.717, 1.165) is 12.1 Å². The molecule has 0 aliphatic carbocycles. The van der Waals surface area contributed by atoms with Crippen molar-refractivity contribution < 1.29 is 14.3 Å². The molecule has 1 saturated heterocycles. The highest BCUT2D eigenvalue weighted by atomic mass is 19.1. The molecule has 92 valence electrons. The van der Waals surface area contributed by atoms with E-state index in [1.807, 2.05) is 6.07 Å². The number of benzene rings is 1. The van der Waals surface area contributed by atoms with Crippen LogP contribution in [0.2, 0.25) is 0 Å². The van der Waals surface area contributed by atoms with Gasteiger partial charge in [-0.1, -0.05) is 12.1 Å². The number of halogens is 1. The van der Waals surface area contributed by atoms with Crippen LogP contribution in [0.4, 0.5) is 4.39 Å². The topological polar surface area (TPSA) is 40.5 Å². The van der Waals surface area contributed by atoms with Gasteiger partial charge in [0.05, 0.1) is 5.92 Å². The Morgan fingerprint density at radius 2 is 2.35 bits per heavy atom. The zero-order chi connectivity index (χ0) is 12.4. The molecule has 0 saturated carbocycles. The summed E-state index contributed by atoms with van der Waals surface area (Å²) in [7, 11) is 0. The Labute approximate surface area is 99.9 Å². The molecule has 1 aromatic rings. The van der Waals surface area contributed by atoms with Gasteiger partial charge >= 0.3 is 5.97 Å². The van der Waals surface area contributed by atoms with Crippen LogP contribution in [0, 0.1) is 18.7 Å². The van der Waals surface area contributed by atoms with E-state index >= 15 is 0 Å². The molecule has 1 aromatic carbocycles. The van der Waals surface area contributed by atoms with E-state index in [4.69, 9.17) is 5.11 Å². The van der Waals surface area contributed by atoms with Crippen LogP contribution in [0.25, 0.3) is 0 Å². The Kier molecular flexibility index (Phi) is 3.43. The van der Waals surface area contributed by atoms with E-state index in [1.165, 1.54) is 6.07 Å². The fourth-order valence-corrected chi connectivity index (χ4v) is 2.24. The highest BCUT2D eigenvalue weighted by Gasteiger charge is 2.27. The van der Waals surface area contributed by atoms with Gasteiger partial charge in [-0.3, -0.25) is 9.69 Å². The van der Waals surface area contributed by atoms with Gasteiger partial charge < -0.3 is 5.11 Å². The first-order valence-corrected chi connectivity index (χ1v) is 5.76. The van der Waals surface area contributed by atoms with Crippen molar-refractivity contribution in [3.8, 4) is 0 Å². The molecule has 0 radical (unpaired) electrons. The number of carboxylic acid groups (broad SMARTS) is 1. The van der Waals surface area contributed by atoms with Crippen molar-refractivity contribution in [2.24, 2.45) is 5.92 Å². The second-order valence-electron chi connectivity index (χ2n) is 4.64. The Morgan fingerprint density at radius 3 is 2.94 bits per heavy atom. The van der Waals surface area contributed by atoms with Crippen molar-refractivity contribution in [3.05, 3.63) is 35.1 Å². The molecular weight excluding hydrogens is 221 g/mol. The molecule has 17 heavy (non-hydrogen) atoms. The molecule has 1 fully saturated rings. The van der Waals surface area contributed by atoms with E-state index < -0.39 is 5.97 Å². The molecule has 1 aliphatic heterocycles. The summed E-state index contributed by atoms with van der Waals surface area (Å²) < 4.78 is 13.1. The van der Waals surface area contributed by atoms with E-state index in [9.17, 15) is 9.18 Å². The number of carboxylic acids is 1. The van der Waals surface area contributed by atoms with Gasteiger partial charge in [0, 0.05) is 13.1 Å². The highest BCUT2D eigenvalue weighted by Crippen LogP contribution is 2.19. The van der Waals surface area contributed by atoms with E-state index in [-0.39, 0.29) is 11.7 Å². The van der Waals surface area contributed by atoms with Crippen LogP contribution in [0.1, 0.15) is 17.5 Å². The summed E-state index contributed by atoms with van der Waals surface area (Å²) in [6.07, 6.45) is 0.704. The molecule has 1 heterocycles. The maximum atomic E-state index is 13.1. The molecule has 1 aliphatic rings. The molecule has 4 heteroatoms. The molecule has 0 amide bonds. The smallest absolute Gasteiger partial charge is 0.307 e. The third-order valence-corrected chi connectivity index (χ3v) is 3.25. The molecular formula is C13H16FNO2. The number of aryl methyl sites for hydroxylation is 1. The first kappa shape index (κ1) is 12.0. The summed E-state index contributed by atoms with van der Waals surface area (Å²) in [5.74, 6) is -1.17. The maximum Gasteiger partial charge on any atom is 0.307 e. The van der Waals surface area contributed by atoms with Crippen molar-refractivity contribution in [2.45, 2.75) is 19.9 Å². The average molecular weight is 237 g/mol. The lowest BCUT2D eigenvalue weighted by molar-refractivity contribution is -0.141. The molecule has 3 nitrogen and oxygen atoms in total. The van der Waals surface area contributed by atoms with Crippen molar-refractivity contribution in [1.29, 1.82) is 0 Å². The first-order chi connectivity index (χ1) is 8.06. The molecule has 0 bridgehead atoms. The van der Waals surface area contributed by atoms with Crippen LogP contribution in [0.15, 0.2) is 18.2 Å². The molecule has 1 atom stereocenters. The van der Waals surface area contributed by atoms with Crippen molar-refractivity contribution in [2.75, 3.05) is 13.1 Å². The summed E-state index contributed by atoms with van der Waals surface area (Å²) in [5, 5.41) is 8.90. The van der Waals surface area contributed by atoms with Crippen molar-refractivity contribution in [1.82, 2.24) is 4.90 Å².